The number of hydrogen-bond donors (Lipinski definition) is 1. The van der Waals surface area contributed by atoms with E-state index in [1.165, 1.54) is 0 Å². The monoisotopic (exact) mass is 253 g/mol. The number of aromatic nitrogens is 4. The number of nitrogens with zero attached hydrogens (tertiary/aromatic N) is 4. The number of carbonyl (C=O) groups is 1. The summed E-state index contributed by atoms with van der Waals surface area (Å²) in [5, 5.41) is 8.94. The summed E-state index contributed by atoms with van der Waals surface area (Å²) in [4.78, 5) is 10.9. The van der Waals surface area contributed by atoms with Crippen molar-refractivity contribution in [1.82, 2.24) is 19.6 Å². The topological polar surface area (TPSA) is 78.7 Å². The van der Waals surface area contributed by atoms with E-state index >= 15 is 0 Å². The molecule has 7 heteroatoms. The highest BCUT2D eigenvalue weighted by atomic mass is 35.5. The lowest BCUT2D eigenvalue weighted by Gasteiger charge is -2.04. The third kappa shape index (κ3) is 2.16. The zero-order valence-electron chi connectivity index (χ0n) is 9.51. The van der Waals surface area contributed by atoms with Gasteiger partial charge in [0.25, 0.3) is 5.91 Å². The summed E-state index contributed by atoms with van der Waals surface area (Å²) in [7, 11) is 0. The van der Waals surface area contributed by atoms with E-state index in [2.05, 4.69) is 10.2 Å². The van der Waals surface area contributed by atoms with Crippen LogP contribution in [0.1, 0.15) is 21.9 Å². The number of halogens is 1. The Labute approximate surface area is 103 Å². The first-order valence-electron chi connectivity index (χ1n) is 5.02. The predicted molar refractivity (Wildman–Crippen MR) is 62.9 cm³/mol. The van der Waals surface area contributed by atoms with Gasteiger partial charge in [-0.1, -0.05) is 11.6 Å². The molecule has 2 aromatic rings. The summed E-state index contributed by atoms with van der Waals surface area (Å²) in [6, 6.07) is 1.57. The molecule has 0 aromatic carbocycles. The highest BCUT2D eigenvalue weighted by Gasteiger charge is 2.10. The van der Waals surface area contributed by atoms with Gasteiger partial charge in [0.05, 0.1) is 16.4 Å². The summed E-state index contributed by atoms with van der Waals surface area (Å²) in [6.07, 6.45) is 1.67. The lowest BCUT2D eigenvalue weighted by atomic mass is 10.4. The normalized spacial score (nSPS) is 10.8. The fourth-order valence-electron chi connectivity index (χ4n) is 1.52. The molecule has 0 atom stereocenters. The van der Waals surface area contributed by atoms with Crippen LogP contribution in [0.2, 0.25) is 5.02 Å². The highest BCUT2D eigenvalue weighted by Crippen LogP contribution is 2.18. The maximum Gasteiger partial charge on any atom is 0.269 e. The molecule has 2 rings (SSSR count). The first-order valence-corrected chi connectivity index (χ1v) is 5.39. The molecular weight excluding hydrogens is 242 g/mol. The number of rotatable bonds is 3. The number of aryl methyl sites for hydroxylation is 1. The molecule has 2 N–H and O–H groups in total. The largest absolute Gasteiger partial charge is 0.364 e. The molecule has 6 nitrogen and oxygen atoms in total. The van der Waals surface area contributed by atoms with Gasteiger partial charge in [0.1, 0.15) is 12.4 Å². The Hall–Kier alpha value is -1.82. The maximum atomic E-state index is 10.9. The average molecular weight is 254 g/mol. The Kier molecular flexibility index (Phi) is 2.89. The van der Waals surface area contributed by atoms with E-state index in [4.69, 9.17) is 17.3 Å². The Balaban J connectivity index is 2.25. The van der Waals surface area contributed by atoms with Crippen molar-refractivity contribution < 1.29 is 4.79 Å². The summed E-state index contributed by atoms with van der Waals surface area (Å²) < 4.78 is 3.30. The third-order valence-corrected chi connectivity index (χ3v) is 3.01. The minimum absolute atomic E-state index is 0.234. The first kappa shape index (κ1) is 11.7. The molecule has 0 fully saturated rings. The van der Waals surface area contributed by atoms with E-state index in [1.807, 2.05) is 13.8 Å². The quantitative estimate of drug-likeness (QED) is 0.885. The Bertz CT molecular complexity index is 571. The van der Waals surface area contributed by atoms with Gasteiger partial charge < -0.3 is 5.73 Å². The van der Waals surface area contributed by atoms with Crippen LogP contribution in [0.3, 0.4) is 0 Å². The molecular formula is C10H12ClN5O. The SMILES string of the molecule is Cc1nn(Cn2ccc(C(N)=O)n2)c(C)c1Cl. The lowest BCUT2D eigenvalue weighted by Crippen LogP contribution is -2.15. The lowest BCUT2D eigenvalue weighted by molar-refractivity contribution is 0.0994. The van der Waals surface area contributed by atoms with E-state index in [0.717, 1.165) is 11.4 Å². The maximum absolute atomic E-state index is 10.9. The van der Waals surface area contributed by atoms with Crippen molar-refractivity contribution in [2.75, 3.05) is 0 Å². The van der Waals surface area contributed by atoms with Crippen molar-refractivity contribution in [3.8, 4) is 0 Å². The summed E-state index contributed by atoms with van der Waals surface area (Å²) in [5.41, 5.74) is 6.99. The average Bonchev–Trinajstić information content (AvgIpc) is 2.82. The second-order valence-corrected chi connectivity index (χ2v) is 4.11. The van der Waals surface area contributed by atoms with Crippen molar-refractivity contribution in [2.45, 2.75) is 20.5 Å². The van der Waals surface area contributed by atoms with Gasteiger partial charge in [-0.2, -0.15) is 10.2 Å². The summed E-state index contributed by atoms with van der Waals surface area (Å²) >= 11 is 6.03. The smallest absolute Gasteiger partial charge is 0.269 e. The van der Waals surface area contributed by atoms with Gasteiger partial charge in [0.2, 0.25) is 0 Å². The van der Waals surface area contributed by atoms with E-state index in [0.29, 0.717) is 11.7 Å². The Morgan fingerprint density at radius 3 is 2.65 bits per heavy atom. The standard InChI is InChI=1S/C10H12ClN5O/c1-6-9(11)7(2)16(13-6)5-15-4-3-8(14-15)10(12)17/h3-4H,5H2,1-2H3,(H2,12,17). The molecule has 0 aliphatic heterocycles. The zero-order chi connectivity index (χ0) is 12.6. The molecule has 2 heterocycles. The third-order valence-electron chi connectivity index (χ3n) is 2.47. The second-order valence-electron chi connectivity index (χ2n) is 3.73. The van der Waals surface area contributed by atoms with E-state index in [1.54, 1.807) is 21.6 Å². The molecule has 0 saturated heterocycles. The second kappa shape index (κ2) is 4.21. The van der Waals surface area contributed by atoms with Gasteiger partial charge in [-0.05, 0) is 19.9 Å². The number of carbonyl (C=O) groups excluding carboxylic acids is 1. The van der Waals surface area contributed by atoms with Crippen LogP contribution in [0.25, 0.3) is 0 Å². The van der Waals surface area contributed by atoms with Gasteiger partial charge in [-0.3, -0.25) is 9.48 Å². The molecule has 17 heavy (non-hydrogen) atoms. The van der Waals surface area contributed by atoms with E-state index in [9.17, 15) is 4.79 Å². The highest BCUT2D eigenvalue weighted by molar-refractivity contribution is 6.31. The van der Waals surface area contributed by atoms with Gasteiger partial charge >= 0.3 is 0 Å². The molecule has 0 spiro atoms. The van der Waals surface area contributed by atoms with Gasteiger partial charge in [-0.15, -0.1) is 0 Å². The van der Waals surface area contributed by atoms with Crippen LogP contribution in [0.5, 0.6) is 0 Å². The summed E-state index contributed by atoms with van der Waals surface area (Å²) in [5.74, 6) is -0.546. The van der Waals surface area contributed by atoms with Crippen molar-refractivity contribution in [3.05, 3.63) is 34.4 Å². The fraction of sp³-hybridized carbons (Fsp3) is 0.300. The number of nitrogens with two attached hydrogens (primary N) is 1. The van der Waals surface area contributed by atoms with Crippen LogP contribution in [-0.2, 0) is 6.67 Å². The minimum atomic E-state index is -0.546. The van der Waals surface area contributed by atoms with Crippen LogP contribution in [-0.4, -0.2) is 25.5 Å². The van der Waals surface area contributed by atoms with Crippen molar-refractivity contribution in [1.29, 1.82) is 0 Å². The molecule has 0 radical (unpaired) electrons. The zero-order valence-corrected chi connectivity index (χ0v) is 10.3. The molecule has 90 valence electrons. The first-order chi connectivity index (χ1) is 7.99. The van der Waals surface area contributed by atoms with E-state index < -0.39 is 5.91 Å². The molecule has 1 amide bonds. The van der Waals surface area contributed by atoms with Gasteiger partial charge in [-0.25, -0.2) is 4.68 Å². The molecule has 0 bridgehead atoms. The summed E-state index contributed by atoms with van der Waals surface area (Å²) in [6.45, 7) is 4.11. The number of hydrogen-bond acceptors (Lipinski definition) is 3. The van der Waals surface area contributed by atoms with Crippen molar-refractivity contribution in [3.63, 3.8) is 0 Å². The fourth-order valence-corrected chi connectivity index (χ4v) is 1.66. The van der Waals surface area contributed by atoms with Crippen molar-refractivity contribution >= 4 is 17.5 Å². The van der Waals surface area contributed by atoms with Crippen molar-refractivity contribution in [2.24, 2.45) is 5.73 Å². The molecule has 0 saturated carbocycles. The molecule has 0 unspecified atom stereocenters. The number of primary amides is 1. The van der Waals surface area contributed by atoms with E-state index in [-0.39, 0.29) is 5.69 Å². The Morgan fingerprint density at radius 1 is 1.47 bits per heavy atom. The van der Waals surface area contributed by atoms with Crippen LogP contribution < -0.4 is 5.73 Å². The molecule has 0 aliphatic carbocycles. The van der Waals surface area contributed by atoms with Gasteiger partial charge in [0, 0.05) is 6.20 Å². The predicted octanol–water partition coefficient (Wildman–Crippen LogP) is 0.955. The van der Waals surface area contributed by atoms with Crippen LogP contribution in [0.4, 0.5) is 0 Å². The minimum Gasteiger partial charge on any atom is -0.364 e. The molecule has 0 aliphatic rings. The van der Waals surface area contributed by atoms with Crippen LogP contribution in [0.15, 0.2) is 12.3 Å². The Morgan fingerprint density at radius 2 is 2.18 bits per heavy atom. The van der Waals surface area contributed by atoms with Crippen LogP contribution >= 0.6 is 11.6 Å². The van der Waals surface area contributed by atoms with Crippen LogP contribution in [0, 0.1) is 13.8 Å². The number of amides is 1. The van der Waals surface area contributed by atoms with Gasteiger partial charge in [0.15, 0.2) is 0 Å². The molecule has 2 aromatic heterocycles.